The minimum atomic E-state index is -0.894. The molecule has 0 atom stereocenters. The maximum atomic E-state index is 11.6. The zero-order valence-corrected chi connectivity index (χ0v) is 17.0. The van der Waals surface area contributed by atoms with E-state index >= 15 is 0 Å². The van der Waals surface area contributed by atoms with Crippen LogP contribution < -0.4 is 0 Å². The first-order valence-corrected chi connectivity index (χ1v) is 9.18. The summed E-state index contributed by atoms with van der Waals surface area (Å²) in [6.45, 7) is 6.83. The third kappa shape index (κ3) is 4.51. The van der Waals surface area contributed by atoms with Crippen molar-refractivity contribution in [1.82, 2.24) is 0 Å². The fourth-order valence-electron chi connectivity index (χ4n) is 2.86. The maximum absolute atomic E-state index is 11.6. The van der Waals surface area contributed by atoms with Crippen molar-refractivity contribution < 1.29 is 19.8 Å². The van der Waals surface area contributed by atoms with Crippen LogP contribution in [0.15, 0.2) is 30.3 Å². The number of aliphatic carboxylic acids is 2. The molecule has 2 rings (SSSR count). The number of fused-ring (bicyclic) bond motifs is 1. The number of hydrogen-bond acceptors (Lipinski definition) is 2. The summed E-state index contributed by atoms with van der Waals surface area (Å²) in [5, 5.41) is 20.9. The van der Waals surface area contributed by atoms with Gasteiger partial charge in [-0.3, -0.25) is 9.59 Å². The van der Waals surface area contributed by atoms with E-state index in [1.54, 1.807) is 27.7 Å². The van der Waals surface area contributed by atoms with Crippen LogP contribution in [0.2, 0.25) is 0 Å². The molecule has 0 saturated carbocycles. The molecule has 0 radical (unpaired) electrons. The lowest BCUT2D eigenvalue weighted by Gasteiger charge is -2.23. The summed E-state index contributed by atoms with van der Waals surface area (Å²) in [6, 6.07) is 10.0. The lowest BCUT2D eigenvalue weighted by Crippen LogP contribution is -2.27. The number of benzene rings is 2. The van der Waals surface area contributed by atoms with Crippen LogP contribution in [0.1, 0.15) is 38.8 Å². The first-order chi connectivity index (χ1) is 11.4. The Morgan fingerprint density at radius 2 is 1.48 bits per heavy atom. The number of carboxylic acids is 2. The van der Waals surface area contributed by atoms with Crippen molar-refractivity contribution in [1.29, 1.82) is 0 Å². The Morgan fingerprint density at radius 3 is 2.04 bits per heavy atom. The molecule has 134 valence electrons. The van der Waals surface area contributed by atoms with E-state index < -0.39 is 22.8 Å². The molecule has 5 heteroatoms. The second-order valence-electron chi connectivity index (χ2n) is 7.85. The van der Waals surface area contributed by atoms with Crippen molar-refractivity contribution >= 4 is 45.3 Å². The molecule has 0 aromatic heterocycles. The molecular weight excluding hydrogens is 431 g/mol. The summed E-state index contributed by atoms with van der Waals surface area (Å²) in [5.74, 6) is -1.69. The summed E-state index contributed by atoms with van der Waals surface area (Å²) >= 11 is 2.24. The van der Waals surface area contributed by atoms with Gasteiger partial charge in [0, 0.05) is 3.57 Å². The molecule has 0 amide bonds. The second-order valence-corrected chi connectivity index (χ2v) is 9.10. The average molecular weight is 454 g/mol. The van der Waals surface area contributed by atoms with E-state index in [2.05, 4.69) is 28.7 Å². The van der Waals surface area contributed by atoms with Gasteiger partial charge in [-0.2, -0.15) is 0 Å². The predicted octanol–water partition coefficient (Wildman–Crippen LogP) is 4.75. The van der Waals surface area contributed by atoms with Gasteiger partial charge in [0.2, 0.25) is 0 Å². The molecule has 2 aromatic rings. The molecule has 0 saturated heterocycles. The Kier molecular flexibility index (Phi) is 5.47. The molecule has 0 unspecified atom stereocenters. The molecule has 0 heterocycles. The molecule has 0 aliphatic carbocycles. The van der Waals surface area contributed by atoms with Gasteiger partial charge in [-0.1, -0.05) is 18.2 Å². The first-order valence-electron chi connectivity index (χ1n) is 8.10. The normalized spacial score (nSPS) is 12.4. The molecule has 0 aliphatic heterocycles. The minimum absolute atomic E-state index is 0.389. The van der Waals surface area contributed by atoms with Crippen LogP contribution in [0.25, 0.3) is 10.8 Å². The van der Waals surface area contributed by atoms with Gasteiger partial charge >= 0.3 is 11.9 Å². The zero-order chi connectivity index (χ0) is 19.0. The Balaban J connectivity index is 2.58. The van der Waals surface area contributed by atoms with Crippen LogP contribution in [0.5, 0.6) is 0 Å². The number of halogens is 1. The molecule has 0 fully saturated rings. The molecule has 25 heavy (non-hydrogen) atoms. The maximum Gasteiger partial charge on any atom is 0.309 e. The molecular formula is C20H23IO4. The molecule has 0 spiro atoms. The van der Waals surface area contributed by atoms with Gasteiger partial charge in [-0.05, 0) is 97.2 Å². The lowest BCUT2D eigenvalue weighted by molar-refractivity contribution is -0.147. The molecule has 2 N–H and O–H groups in total. The summed E-state index contributed by atoms with van der Waals surface area (Å²) in [4.78, 5) is 23.0. The van der Waals surface area contributed by atoms with Crippen LogP contribution in [-0.4, -0.2) is 22.2 Å². The van der Waals surface area contributed by atoms with Gasteiger partial charge < -0.3 is 10.2 Å². The molecule has 0 aliphatic rings. The van der Waals surface area contributed by atoms with Crippen molar-refractivity contribution in [3.63, 3.8) is 0 Å². The minimum Gasteiger partial charge on any atom is -0.481 e. The fourth-order valence-corrected chi connectivity index (χ4v) is 3.35. The Labute approximate surface area is 161 Å². The SMILES string of the molecule is CC(C)(Cc1cc(CC(C)(C)C(=O)O)c2cc(I)ccc2c1)C(=O)O. The summed E-state index contributed by atoms with van der Waals surface area (Å²) in [6.07, 6.45) is 0.783. The van der Waals surface area contributed by atoms with E-state index in [0.717, 1.165) is 25.5 Å². The smallest absolute Gasteiger partial charge is 0.309 e. The molecule has 0 bridgehead atoms. The first kappa shape index (κ1) is 19.7. The molecule has 4 nitrogen and oxygen atoms in total. The Hall–Kier alpha value is -1.63. The standard InChI is InChI=1S/C20H23IO4/c1-19(2,17(22)23)10-12-7-13-5-6-15(21)9-16(13)14(8-12)11-20(3,4)18(24)25/h5-9H,10-11H2,1-4H3,(H,22,23)(H,24,25). The van der Waals surface area contributed by atoms with Crippen molar-refractivity contribution in [3.8, 4) is 0 Å². The number of hydrogen-bond donors (Lipinski definition) is 2. The lowest BCUT2D eigenvalue weighted by atomic mass is 9.81. The van der Waals surface area contributed by atoms with Crippen LogP contribution in [0.4, 0.5) is 0 Å². The van der Waals surface area contributed by atoms with E-state index in [9.17, 15) is 19.8 Å². The largest absolute Gasteiger partial charge is 0.481 e. The average Bonchev–Trinajstić information content (AvgIpc) is 2.47. The van der Waals surface area contributed by atoms with Crippen molar-refractivity contribution in [2.45, 2.75) is 40.5 Å². The third-order valence-corrected chi connectivity index (χ3v) is 5.17. The van der Waals surface area contributed by atoms with Gasteiger partial charge in [0.25, 0.3) is 0 Å². The summed E-state index contributed by atoms with van der Waals surface area (Å²) in [5.41, 5.74) is 0.0860. The zero-order valence-electron chi connectivity index (χ0n) is 14.9. The third-order valence-electron chi connectivity index (χ3n) is 4.50. The van der Waals surface area contributed by atoms with Gasteiger partial charge in [-0.15, -0.1) is 0 Å². The highest BCUT2D eigenvalue weighted by molar-refractivity contribution is 14.1. The van der Waals surface area contributed by atoms with Crippen molar-refractivity contribution in [2.24, 2.45) is 10.8 Å². The van der Waals surface area contributed by atoms with E-state index in [1.165, 1.54) is 0 Å². The highest BCUT2D eigenvalue weighted by atomic mass is 127. The van der Waals surface area contributed by atoms with Crippen LogP contribution in [-0.2, 0) is 22.4 Å². The Morgan fingerprint density at radius 1 is 0.920 bits per heavy atom. The van der Waals surface area contributed by atoms with Gasteiger partial charge in [-0.25, -0.2) is 0 Å². The topological polar surface area (TPSA) is 74.6 Å². The number of rotatable bonds is 6. The van der Waals surface area contributed by atoms with E-state index in [0.29, 0.717) is 12.8 Å². The fraction of sp³-hybridized carbons (Fsp3) is 0.400. The van der Waals surface area contributed by atoms with Crippen LogP contribution in [0.3, 0.4) is 0 Å². The molecule has 2 aromatic carbocycles. The van der Waals surface area contributed by atoms with E-state index in [4.69, 9.17) is 0 Å². The van der Waals surface area contributed by atoms with Crippen LogP contribution in [0, 0.1) is 14.4 Å². The number of carboxylic acid groups (broad SMARTS) is 2. The van der Waals surface area contributed by atoms with Crippen molar-refractivity contribution in [2.75, 3.05) is 0 Å². The highest BCUT2D eigenvalue weighted by Gasteiger charge is 2.30. The monoisotopic (exact) mass is 454 g/mol. The quantitative estimate of drug-likeness (QED) is 0.618. The Bertz CT molecular complexity index is 837. The van der Waals surface area contributed by atoms with E-state index in [-0.39, 0.29) is 0 Å². The summed E-state index contributed by atoms with van der Waals surface area (Å²) < 4.78 is 1.08. The van der Waals surface area contributed by atoms with Gasteiger partial charge in [0.1, 0.15) is 0 Å². The van der Waals surface area contributed by atoms with E-state index in [1.807, 2.05) is 24.3 Å². The second kappa shape index (κ2) is 6.94. The summed E-state index contributed by atoms with van der Waals surface area (Å²) in [7, 11) is 0. The highest BCUT2D eigenvalue weighted by Crippen LogP contribution is 2.32. The predicted molar refractivity (Wildman–Crippen MR) is 107 cm³/mol. The van der Waals surface area contributed by atoms with Crippen molar-refractivity contribution in [3.05, 3.63) is 45.0 Å². The number of carbonyl (C=O) groups is 2. The van der Waals surface area contributed by atoms with Gasteiger partial charge in [0.15, 0.2) is 0 Å². The van der Waals surface area contributed by atoms with Gasteiger partial charge in [0.05, 0.1) is 10.8 Å². The van der Waals surface area contributed by atoms with Crippen LogP contribution >= 0.6 is 22.6 Å².